The number of furan rings is 1. The van der Waals surface area contributed by atoms with Gasteiger partial charge in [-0.3, -0.25) is 9.78 Å². The highest BCUT2D eigenvalue weighted by atomic mass is 32.2. The van der Waals surface area contributed by atoms with Crippen molar-refractivity contribution in [1.29, 1.82) is 0 Å². The topological polar surface area (TPSA) is 102 Å². The fourth-order valence-electron chi connectivity index (χ4n) is 2.50. The van der Waals surface area contributed by atoms with Crippen LogP contribution >= 0.6 is 11.3 Å². The molecule has 0 aliphatic heterocycles. The molecular weight excluding hydrogens is 386 g/mol. The molecule has 0 saturated heterocycles. The van der Waals surface area contributed by atoms with E-state index in [1.54, 1.807) is 42.0 Å². The molecule has 1 N–H and O–H groups in total. The number of nitrogens with zero attached hydrogens (tertiary/aromatic N) is 2. The summed E-state index contributed by atoms with van der Waals surface area (Å²) >= 11 is 1.07. The van der Waals surface area contributed by atoms with Crippen LogP contribution in [0.15, 0.2) is 74.0 Å². The average molecular weight is 399 g/mol. The molecule has 0 aliphatic carbocycles. The molecule has 0 atom stereocenters. The molecule has 9 heteroatoms. The Balaban J connectivity index is 1.45. The van der Waals surface area contributed by atoms with Crippen LogP contribution in [0.1, 0.15) is 16.1 Å². The molecule has 0 aliphatic rings. The summed E-state index contributed by atoms with van der Waals surface area (Å²) in [4.78, 5) is 20.2. The van der Waals surface area contributed by atoms with Crippen molar-refractivity contribution >= 4 is 38.1 Å². The van der Waals surface area contributed by atoms with Crippen LogP contribution in [-0.2, 0) is 16.4 Å². The number of fused-ring (bicyclic) bond motifs is 1. The van der Waals surface area contributed by atoms with Gasteiger partial charge in [-0.05, 0) is 29.8 Å². The van der Waals surface area contributed by atoms with Gasteiger partial charge < -0.3 is 9.73 Å². The molecule has 0 radical (unpaired) electrons. The smallest absolute Gasteiger partial charge is 0.287 e. The number of nitrogens with one attached hydrogen (secondary N) is 1. The lowest BCUT2D eigenvalue weighted by atomic mass is 10.2. The monoisotopic (exact) mass is 399 g/mol. The molecule has 0 fully saturated rings. The molecule has 27 heavy (non-hydrogen) atoms. The first-order valence-electron chi connectivity index (χ1n) is 7.89. The molecule has 136 valence electrons. The van der Waals surface area contributed by atoms with E-state index in [9.17, 15) is 13.2 Å². The van der Waals surface area contributed by atoms with Crippen LogP contribution in [0.4, 0.5) is 0 Å². The number of pyridine rings is 1. The summed E-state index contributed by atoms with van der Waals surface area (Å²) < 4.78 is 30.3. The Kier molecular flexibility index (Phi) is 4.46. The number of aromatic nitrogens is 2. The number of rotatable bonds is 5. The van der Waals surface area contributed by atoms with Crippen LogP contribution in [0.5, 0.6) is 0 Å². The summed E-state index contributed by atoms with van der Waals surface area (Å²) in [5.41, 5.74) is 1.30. The Labute approximate surface area is 158 Å². The third-order valence-electron chi connectivity index (χ3n) is 3.87. The largest absolute Gasteiger partial charge is 0.449 e. The maximum Gasteiger partial charge on any atom is 0.287 e. The molecule has 0 bridgehead atoms. The summed E-state index contributed by atoms with van der Waals surface area (Å²) in [5, 5.41) is 5.16. The molecule has 3 aromatic heterocycles. The normalized spacial score (nSPS) is 11.6. The Morgan fingerprint density at radius 1 is 1.15 bits per heavy atom. The number of thiazole rings is 1. The van der Waals surface area contributed by atoms with Crippen molar-refractivity contribution in [2.75, 3.05) is 0 Å². The summed E-state index contributed by atoms with van der Waals surface area (Å²) in [7, 11) is -3.60. The van der Waals surface area contributed by atoms with Crippen LogP contribution in [0.3, 0.4) is 0 Å². The van der Waals surface area contributed by atoms with Crippen LogP contribution in [0.25, 0.3) is 11.0 Å². The number of benzene rings is 1. The van der Waals surface area contributed by atoms with Gasteiger partial charge in [-0.25, -0.2) is 13.4 Å². The Bertz CT molecular complexity index is 1160. The van der Waals surface area contributed by atoms with Crippen LogP contribution in [-0.4, -0.2) is 24.3 Å². The first-order valence-corrected chi connectivity index (χ1v) is 10.3. The summed E-state index contributed by atoms with van der Waals surface area (Å²) in [6, 6.07) is 9.73. The van der Waals surface area contributed by atoms with Crippen molar-refractivity contribution in [1.82, 2.24) is 15.3 Å². The van der Waals surface area contributed by atoms with Gasteiger partial charge in [0.2, 0.25) is 14.2 Å². The van der Waals surface area contributed by atoms with E-state index in [0.717, 1.165) is 22.3 Å². The van der Waals surface area contributed by atoms with Crippen molar-refractivity contribution in [3.63, 3.8) is 0 Å². The second-order valence-electron chi connectivity index (χ2n) is 5.65. The van der Waals surface area contributed by atoms with Gasteiger partial charge in [0.15, 0.2) is 11.3 Å². The third-order valence-corrected chi connectivity index (χ3v) is 6.84. The second kappa shape index (κ2) is 6.93. The molecular formula is C18H13N3O4S2. The Morgan fingerprint density at radius 2 is 1.96 bits per heavy atom. The summed E-state index contributed by atoms with van der Waals surface area (Å²) in [5.74, 6) is -0.161. The minimum atomic E-state index is -3.60. The SMILES string of the molecule is O=C(NCc1ccc(S(=O)(=O)c2nccs2)cc1)c1cc2ccncc2o1. The molecule has 3 heterocycles. The maximum absolute atomic E-state index is 12.4. The fourth-order valence-corrected chi connectivity index (χ4v) is 4.71. The molecule has 1 aromatic carbocycles. The predicted molar refractivity (Wildman–Crippen MR) is 99.2 cm³/mol. The van der Waals surface area contributed by atoms with E-state index >= 15 is 0 Å². The van der Waals surface area contributed by atoms with Crippen LogP contribution in [0.2, 0.25) is 0 Å². The zero-order chi connectivity index (χ0) is 18.9. The van der Waals surface area contributed by atoms with E-state index in [4.69, 9.17) is 4.42 Å². The van der Waals surface area contributed by atoms with Crippen molar-refractivity contribution < 1.29 is 17.6 Å². The zero-order valence-electron chi connectivity index (χ0n) is 13.8. The zero-order valence-corrected chi connectivity index (χ0v) is 15.5. The number of carbonyl (C=O) groups is 1. The van der Waals surface area contributed by atoms with Crippen LogP contribution < -0.4 is 5.32 Å². The molecule has 0 spiro atoms. The molecule has 4 aromatic rings. The Hall–Kier alpha value is -3.04. The third kappa shape index (κ3) is 3.46. The van der Waals surface area contributed by atoms with E-state index in [0.29, 0.717) is 5.58 Å². The van der Waals surface area contributed by atoms with E-state index < -0.39 is 9.84 Å². The van der Waals surface area contributed by atoms with Crippen LogP contribution in [0, 0.1) is 0 Å². The van der Waals surface area contributed by atoms with E-state index in [1.807, 2.05) is 0 Å². The molecule has 7 nitrogen and oxygen atoms in total. The molecule has 0 unspecified atom stereocenters. The van der Waals surface area contributed by atoms with Crippen molar-refractivity contribution in [3.8, 4) is 0 Å². The first kappa shape index (κ1) is 17.4. The lowest BCUT2D eigenvalue weighted by Gasteiger charge is -2.05. The van der Waals surface area contributed by atoms with E-state index in [1.165, 1.54) is 18.3 Å². The summed E-state index contributed by atoms with van der Waals surface area (Å²) in [6.07, 6.45) is 4.63. The number of hydrogen-bond donors (Lipinski definition) is 1. The quantitative estimate of drug-likeness (QED) is 0.553. The minimum Gasteiger partial charge on any atom is -0.449 e. The highest BCUT2D eigenvalue weighted by molar-refractivity contribution is 7.93. The molecule has 0 saturated carbocycles. The lowest BCUT2D eigenvalue weighted by molar-refractivity contribution is 0.0925. The van der Waals surface area contributed by atoms with Crippen molar-refractivity contribution in [3.05, 3.63) is 71.7 Å². The number of hydrogen-bond acceptors (Lipinski definition) is 7. The average Bonchev–Trinajstić information content (AvgIpc) is 3.36. The Morgan fingerprint density at radius 3 is 2.67 bits per heavy atom. The lowest BCUT2D eigenvalue weighted by Crippen LogP contribution is -2.22. The highest BCUT2D eigenvalue weighted by Crippen LogP contribution is 2.23. The number of sulfone groups is 1. The highest BCUT2D eigenvalue weighted by Gasteiger charge is 2.20. The maximum atomic E-state index is 12.4. The van der Waals surface area contributed by atoms with Gasteiger partial charge in [-0.15, -0.1) is 11.3 Å². The summed E-state index contributed by atoms with van der Waals surface area (Å²) in [6.45, 7) is 0.242. The van der Waals surface area contributed by atoms with Gasteiger partial charge in [-0.2, -0.15) is 0 Å². The van der Waals surface area contributed by atoms with Gasteiger partial charge in [0, 0.05) is 29.7 Å². The van der Waals surface area contributed by atoms with Gasteiger partial charge in [-0.1, -0.05) is 12.1 Å². The minimum absolute atomic E-state index is 0.0583. The first-order chi connectivity index (χ1) is 13.0. The van der Waals surface area contributed by atoms with Gasteiger partial charge >= 0.3 is 0 Å². The number of carbonyl (C=O) groups excluding carboxylic acids is 1. The molecule has 1 amide bonds. The van der Waals surface area contributed by atoms with Crippen molar-refractivity contribution in [2.24, 2.45) is 0 Å². The van der Waals surface area contributed by atoms with Gasteiger partial charge in [0.25, 0.3) is 5.91 Å². The second-order valence-corrected chi connectivity index (χ2v) is 8.67. The predicted octanol–water partition coefficient (Wildman–Crippen LogP) is 3.05. The van der Waals surface area contributed by atoms with Crippen molar-refractivity contribution in [2.45, 2.75) is 15.8 Å². The van der Waals surface area contributed by atoms with Gasteiger partial charge in [0.05, 0.1) is 11.1 Å². The standard InChI is InChI=1S/C18H13N3O4S2/c22-17(15-9-13-5-6-19-11-16(13)25-15)21-10-12-1-3-14(4-2-12)27(23,24)18-20-7-8-26-18/h1-9,11H,10H2,(H,21,22). The number of amides is 1. The van der Waals surface area contributed by atoms with E-state index in [2.05, 4.69) is 15.3 Å². The molecule has 4 rings (SSSR count). The van der Waals surface area contributed by atoms with Gasteiger partial charge in [0.1, 0.15) is 0 Å². The van der Waals surface area contributed by atoms with E-state index in [-0.39, 0.29) is 27.4 Å². The fraction of sp³-hybridized carbons (Fsp3) is 0.0556.